The van der Waals surface area contributed by atoms with E-state index in [1.54, 1.807) is 13.8 Å². The molecule has 0 bridgehead atoms. The highest BCUT2D eigenvalue weighted by Crippen LogP contribution is 2.24. The fourth-order valence-corrected chi connectivity index (χ4v) is 2.43. The van der Waals surface area contributed by atoms with E-state index in [9.17, 15) is 9.18 Å². The molecule has 5 nitrogen and oxygen atoms in total. The summed E-state index contributed by atoms with van der Waals surface area (Å²) in [5.41, 5.74) is 2.26. The number of oxazole rings is 1. The zero-order valence-corrected chi connectivity index (χ0v) is 12.3. The standard InChI is InChI=1S/C13H10BrFN2O3/c1-6-8(7(2)20-16-6)5-17-11-3-9(14)10(15)4-12(11)19-13(17)18/h3-4H,5H2,1-2H3. The summed E-state index contributed by atoms with van der Waals surface area (Å²) in [4.78, 5) is 11.9. The van der Waals surface area contributed by atoms with Crippen LogP contribution in [-0.2, 0) is 6.54 Å². The molecule has 0 unspecified atom stereocenters. The lowest BCUT2D eigenvalue weighted by atomic mass is 10.2. The van der Waals surface area contributed by atoms with Crippen LogP contribution in [0.25, 0.3) is 11.1 Å². The van der Waals surface area contributed by atoms with Crippen LogP contribution in [0.5, 0.6) is 0 Å². The minimum absolute atomic E-state index is 0.211. The van der Waals surface area contributed by atoms with Gasteiger partial charge in [0.05, 0.1) is 22.2 Å². The van der Waals surface area contributed by atoms with Gasteiger partial charge in [-0.05, 0) is 35.8 Å². The van der Waals surface area contributed by atoms with Crippen LogP contribution in [0.2, 0.25) is 0 Å². The minimum Gasteiger partial charge on any atom is -0.408 e. The van der Waals surface area contributed by atoms with Gasteiger partial charge >= 0.3 is 5.76 Å². The fourth-order valence-electron chi connectivity index (χ4n) is 2.09. The molecule has 0 spiro atoms. The van der Waals surface area contributed by atoms with E-state index in [2.05, 4.69) is 21.1 Å². The second-order valence-corrected chi connectivity index (χ2v) is 5.35. The first-order chi connectivity index (χ1) is 9.47. The number of nitrogens with zero attached hydrogens (tertiary/aromatic N) is 2. The van der Waals surface area contributed by atoms with Gasteiger partial charge in [0.15, 0.2) is 5.58 Å². The summed E-state index contributed by atoms with van der Waals surface area (Å²) < 4.78 is 25.3. The van der Waals surface area contributed by atoms with E-state index in [1.807, 2.05) is 0 Å². The number of aryl methyl sites for hydroxylation is 2. The maximum atomic E-state index is 13.5. The minimum atomic E-state index is -0.544. The van der Waals surface area contributed by atoms with Crippen LogP contribution in [0.4, 0.5) is 4.39 Å². The highest BCUT2D eigenvalue weighted by Gasteiger charge is 2.16. The summed E-state index contributed by atoms with van der Waals surface area (Å²) in [6, 6.07) is 2.71. The molecule has 0 N–H and O–H groups in total. The Kier molecular flexibility index (Phi) is 3.01. The monoisotopic (exact) mass is 340 g/mol. The number of aromatic nitrogens is 2. The molecule has 0 atom stereocenters. The van der Waals surface area contributed by atoms with Crippen LogP contribution < -0.4 is 5.76 Å². The molecule has 0 aliphatic heterocycles. The van der Waals surface area contributed by atoms with Crippen molar-refractivity contribution in [2.75, 3.05) is 0 Å². The van der Waals surface area contributed by atoms with Crippen molar-refractivity contribution in [3.05, 3.63) is 50.0 Å². The van der Waals surface area contributed by atoms with Gasteiger partial charge in [-0.3, -0.25) is 4.57 Å². The van der Waals surface area contributed by atoms with Crippen LogP contribution in [0.1, 0.15) is 17.0 Å². The van der Waals surface area contributed by atoms with Crippen molar-refractivity contribution in [3.8, 4) is 0 Å². The predicted octanol–water partition coefficient (Wildman–Crippen LogP) is 3.15. The zero-order valence-electron chi connectivity index (χ0n) is 10.7. The third-order valence-corrected chi connectivity index (χ3v) is 3.82. The summed E-state index contributed by atoms with van der Waals surface area (Å²) >= 11 is 3.10. The van der Waals surface area contributed by atoms with Crippen LogP contribution in [-0.4, -0.2) is 9.72 Å². The average Bonchev–Trinajstić information content (AvgIpc) is 2.85. The van der Waals surface area contributed by atoms with Gasteiger partial charge in [0.25, 0.3) is 0 Å². The van der Waals surface area contributed by atoms with Crippen LogP contribution >= 0.6 is 15.9 Å². The summed E-state index contributed by atoms with van der Waals surface area (Å²) in [6.07, 6.45) is 0. The van der Waals surface area contributed by atoms with Crippen LogP contribution in [0, 0.1) is 19.7 Å². The van der Waals surface area contributed by atoms with Crippen molar-refractivity contribution in [3.63, 3.8) is 0 Å². The molecular formula is C13H10BrFN2O3. The molecule has 0 fully saturated rings. The van der Waals surface area contributed by atoms with E-state index in [1.165, 1.54) is 16.7 Å². The smallest absolute Gasteiger partial charge is 0.408 e. The van der Waals surface area contributed by atoms with Gasteiger partial charge in [-0.25, -0.2) is 9.18 Å². The number of hydrogen-bond acceptors (Lipinski definition) is 4. The van der Waals surface area contributed by atoms with E-state index in [-0.39, 0.29) is 16.6 Å². The Labute approximate surface area is 121 Å². The molecule has 0 aliphatic rings. The first-order valence-corrected chi connectivity index (χ1v) is 6.67. The van der Waals surface area contributed by atoms with Crippen molar-refractivity contribution in [1.29, 1.82) is 0 Å². The Hall–Kier alpha value is -1.89. The van der Waals surface area contributed by atoms with Gasteiger partial charge in [0.2, 0.25) is 0 Å². The maximum absolute atomic E-state index is 13.5. The summed E-state index contributed by atoms with van der Waals surface area (Å²) in [5, 5.41) is 3.85. The Bertz CT molecular complexity index is 843. The van der Waals surface area contributed by atoms with Gasteiger partial charge in [-0.2, -0.15) is 0 Å². The molecule has 20 heavy (non-hydrogen) atoms. The molecule has 0 aliphatic carbocycles. The summed E-state index contributed by atoms with van der Waals surface area (Å²) in [6.45, 7) is 3.85. The Morgan fingerprint density at radius 2 is 2.15 bits per heavy atom. The molecule has 3 rings (SSSR count). The fraction of sp³-hybridized carbons (Fsp3) is 0.231. The SMILES string of the molecule is Cc1noc(C)c1Cn1c(=O)oc2cc(F)c(Br)cc21. The Balaban J connectivity index is 2.19. The van der Waals surface area contributed by atoms with Gasteiger partial charge < -0.3 is 8.94 Å². The van der Waals surface area contributed by atoms with Gasteiger partial charge in [-0.1, -0.05) is 5.16 Å². The van der Waals surface area contributed by atoms with E-state index in [0.717, 1.165) is 5.56 Å². The van der Waals surface area contributed by atoms with E-state index in [4.69, 9.17) is 8.94 Å². The van der Waals surface area contributed by atoms with E-state index in [0.29, 0.717) is 17.0 Å². The molecule has 0 amide bonds. The molecule has 7 heteroatoms. The van der Waals surface area contributed by atoms with Crippen molar-refractivity contribution in [2.45, 2.75) is 20.4 Å². The largest absolute Gasteiger partial charge is 0.420 e. The first-order valence-electron chi connectivity index (χ1n) is 5.87. The topological polar surface area (TPSA) is 61.2 Å². The number of halogens is 2. The van der Waals surface area contributed by atoms with Crippen molar-refractivity contribution < 1.29 is 13.3 Å². The summed E-state index contributed by atoms with van der Waals surface area (Å²) in [7, 11) is 0. The van der Waals surface area contributed by atoms with Crippen molar-refractivity contribution in [2.24, 2.45) is 0 Å². The third kappa shape index (κ3) is 1.98. The van der Waals surface area contributed by atoms with Gasteiger partial charge in [-0.15, -0.1) is 0 Å². The maximum Gasteiger partial charge on any atom is 0.420 e. The van der Waals surface area contributed by atoms with E-state index < -0.39 is 11.6 Å². The van der Waals surface area contributed by atoms with Crippen molar-refractivity contribution in [1.82, 2.24) is 9.72 Å². The van der Waals surface area contributed by atoms with Crippen molar-refractivity contribution >= 4 is 27.0 Å². The second-order valence-electron chi connectivity index (χ2n) is 4.49. The lowest BCUT2D eigenvalue weighted by Crippen LogP contribution is -2.15. The average molecular weight is 341 g/mol. The lowest BCUT2D eigenvalue weighted by molar-refractivity contribution is 0.392. The number of hydrogen-bond donors (Lipinski definition) is 0. The van der Waals surface area contributed by atoms with Gasteiger partial charge in [0, 0.05) is 11.6 Å². The third-order valence-electron chi connectivity index (χ3n) is 3.21. The lowest BCUT2D eigenvalue weighted by Gasteiger charge is -2.02. The van der Waals surface area contributed by atoms with E-state index >= 15 is 0 Å². The molecule has 0 radical (unpaired) electrons. The molecular weight excluding hydrogens is 331 g/mol. The Morgan fingerprint density at radius 3 is 2.80 bits per heavy atom. The molecule has 3 aromatic rings. The van der Waals surface area contributed by atoms with Crippen LogP contribution in [0.15, 0.2) is 30.3 Å². The van der Waals surface area contributed by atoms with Gasteiger partial charge in [0.1, 0.15) is 11.6 Å². The molecule has 0 saturated carbocycles. The molecule has 104 valence electrons. The number of benzene rings is 1. The number of fused-ring (bicyclic) bond motifs is 1. The Morgan fingerprint density at radius 1 is 1.40 bits per heavy atom. The molecule has 0 saturated heterocycles. The quantitative estimate of drug-likeness (QED) is 0.718. The predicted molar refractivity (Wildman–Crippen MR) is 73.2 cm³/mol. The highest BCUT2D eigenvalue weighted by molar-refractivity contribution is 9.10. The second kappa shape index (κ2) is 4.59. The molecule has 2 aromatic heterocycles. The first kappa shape index (κ1) is 13.1. The normalized spacial score (nSPS) is 11.4. The number of rotatable bonds is 2. The zero-order chi connectivity index (χ0) is 14.4. The van der Waals surface area contributed by atoms with Crippen LogP contribution in [0.3, 0.4) is 0 Å². The molecule has 1 aromatic carbocycles. The summed E-state index contributed by atoms with van der Waals surface area (Å²) in [5.74, 6) is -0.377. The highest BCUT2D eigenvalue weighted by atomic mass is 79.9. The molecule has 2 heterocycles.